The van der Waals surface area contributed by atoms with Gasteiger partial charge in [-0.3, -0.25) is 9.36 Å². The second kappa shape index (κ2) is 12.7. The molecule has 0 unspecified atom stereocenters. The Labute approximate surface area is 257 Å². The largest absolute Gasteiger partial charge is 0.489 e. The maximum atomic E-state index is 14.0. The normalized spacial score (nSPS) is 14.7. The van der Waals surface area contributed by atoms with E-state index in [1.807, 2.05) is 115 Å². The minimum Gasteiger partial charge on any atom is -0.489 e. The highest BCUT2D eigenvalue weighted by molar-refractivity contribution is 7.07. The molecule has 0 bridgehead atoms. The molecule has 0 amide bonds. The van der Waals surface area contributed by atoms with E-state index in [1.165, 1.54) is 11.3 Å². The lowest BCUT2D eigenvalue weighted by molar-refractivity contribution is -0.138. The summed E-state index contributed by atoms with van der Waals surface area (Å²) in [7, 11) is 0. The van der Waals surface area contributed by atoms with Gasteiger partial charge < -0.3 is 9.47 Å². The molecule has 0 fully saturated rings. The number of ether oxygens (including phenoxy) is 2. The molecule has 1 atom stereocenters. The van der Waals surface area contributed by atoms with Gasteiger partial charge in [-0.2, -0.15) is 0 Å². The van der Waals surface area contributed by atoms with E-state index >= 15 is 0 Å². The van der Waals surface area contributed by atoms with Gasteiger partial charge >= 0.3 is 5.97 Å². The SMILES string of the molecule is CCOC(=O)C1=C(c2ccccc2)N=c2s/c(=C\c3ccc(OCc4ccccc4Cl)cc3)c(=O)n2[C@H]1c1ccccc1. The predicted octanol–water partition coefficient (Wildman–Crippen LogP) is 6.17. The molecule has 6 nitrogen and oxygen atoms in total. The molecular weight excluding hydrogens is 580 g/mol. The fourth-order valence-corrected chi connectivity index (χ4v) is 6.17. The second-order valence-corrected chi connectivity index (χ2v) is 11.2. The third-order valence-electron chi connectivity index (χ3n) is 7.02. The molecule has 0 spiro atoms. The molecule has 214 valence electrons. The molecule has 1 aliphatic rings. The van der Waals surface area contributed by atoms with Gasteiger partial charge in [-0.25, -0.2) is 9.79 Å². The molecular formula is C35H27ClN2O4S. The molecule has 0 saturated carbocycles. The molecule has 43 heavy (non-hydrogen) atoms. The van der Waals surface area contributed by atoms with Gasteiger partial charge in [0.2, 0.25) is 0 Å². The minimum absolute atomic E-state index is 0.203. The Balaban J connectivity index is 1.42. The summed E-state index contributed by atoms with van der Waals surface area (Å²) in [5, 5.41) is 0.657. The highest BCUT2D eigenvalue weighted by atomic mass is 35.5. The van der Waals surface area contributed by atoms with Gasteiger partial charge in [0.05, 0.1) is 28.5 Å². The highest BCUT2D eigenvalue weighted by Crippen LogP contribution is 2.35. The smallest absolute Gasteiger partial charge is 0.338 e. The fraction of sp³-hybridized carbons (Fsp3) is 0.114. The van der Waals surface area contributed by atoms with Crippen LogP contribution in [0, 0.1) is 0 Å². The van der Waals surface area contributed by atoms with Crippen LogP contribution in [0.3, 0.4) is 0 Å². The molecule has 0 radical (unpaired) electrons. The van der Waals surface area contributed by atoms with E-state index in [0.717, 1.165) is 22.3 Å². The van der Waals surface area contributed by atoms with Gasteiger partial charge in [0.25, 0.3) is 5.56 Å². The summed E-state index contributed by atoms with van der Waals surface area (Å²) < 4.78 is 13.5. The van der Waals surface area contributed by atoms with Crippen molar-refractivity contribution in [1.82, 2.24) is 4.57 Å². The van der Waals surface area contributed by atoms with Crippen molar-refractivity contribution < 1.29 is 14.3 Å². The first kappa shape index (κ1) is 28.4. The van der Waals surface area contributed by atoms with Crippen molar-refractivity contribution >= 4 is 40.7 Å². The third kappa shape index (κ3) is 5.95. The summed E-state index contributed by atoms with van der Waals surface area (Å²) in [4.78, 5) is 32.9. The first-order chi connectivity index (χ1) is 21.0. The van der Waals surface area contributed by atoms with Crippen molar-refractivity contribution in [3.05, 3.63) is 162 Å². The van der Waals surface area contributed by atoms with Crippen molar-refractivity contribution in [2.75, 3.05) is 6.61 Å². The first-order valence-corrected chi connectivity index (χ1v) is 15.0. The topological polar surface area (TPSA) is 69.9 Å². The molecule has 2 heterocycles. The van der Waals surface area contributed by atoms with Gasteiger partial charge in [-0.1, -0.05) is 114 Å². The standard InChI is InChI=1S/C35H27ClN2O4S/c1-2-41-34(40)30-31(24-11-5-3-6-12-24)37-35-38(32(30)25-13-7-4-8-14-25)33(39)29(43-35)21-23-17-19-27(20-18-23)42-22-26-15-9-10-16-28(26)36/h3-21,32H,2,22H2,1H3/b29-21-/t32-/m0/s1. The van der Waals surface area contributed by atoms with Gasteiger partial charge in [0, 0.05) is 16.1 Å². The highest BCUT2D eigenvalue weighted by Gasteiger charge is 2.35. The van der Waals surface area contributed by atoms with Crippen LogP contribution in [0.2, 0.25) is 5.02 Å². The number of carbonyl (C=O) groups excluding carboxylic acids is 1. The average Bonchev–Trinajstić information content (AvgIpc) is 3.35. The van der Waals surface area contributed by atoms with E-state index in [9.17, 15) is 9.59 Å². The minimum atomic E-state index is -0.700. The zero-order chi connectivity index (χ0) is 29.8. The number of halogens is 1. The number of hydrogen-bond acceptors (Lipinski definition) is 6. The number of thiazole rings is 1. The maximum Gasteiger partial charge on any atom is 0.338 e. The molecule has 0 aliphatic carbocycles. The molecule has 1 aromatic heterocycles. The number of benzene rings is 4. The van der Waals surface area contributed by atoms with Crippen molar-refractivity contribution in [1.29, 1.82) is 0 Å². The van der Waals surface area contributed by atoms with Crippen molar-refractivity contribution in [3.8, 4) is 5.75 Å². The van der Waals surface area contributed by atoms with Crippen molar-refractivity contribution in [3.63, 3.8) is 0 Å². The van der Waals surface area contributed by atoms with Gasteiger partial charge in [-0.15, -0.1) is 0 Å². The Morgan fingerprint density at radius 2 is 1.60 bits per heavy atom. The number of carbonyl (C=O) groups is 1. The number of aromatic nitrogens is 1. The lowest BCUT2D eigenvalue weighted by Crippen LogP contribution is -2.39. The molecule has 4 aromatic carbocycles. The maximum absolute atomic E-state index is 14.0. The van der Waals surface area contributed by atoms with Crippen LogP contribution >= 0.6 is 22.9 Å². The summed E-state index contributed by atoms with van der Waals surface area (Å²) in [6, 6.07) is 33.4. The lowest BCUT2D eigenvalue weighted by Gasteiger charge is -2.25. The summed E-state index contributed by atoms with van der Waals surface area (Å²) in [6.07, 6.45) is 1.83. The van der Waals surface area contributed by atoms with Crippen LogP contribution in [-0.4, -0.2) is 17.1 Å². The molecule has 0 N–H and O–H groups in total. The second-order valence-electron chi connectivity index (χ2n) is 9.79. The van der Waals surface area contributed by atoms with E-state index in [2.05, 4.69) is 0 Å². The molecule has 1 aliphatic heterocycles. The van der Waals surface area contributed by atoms with E-state index in [4.69, 9.17) is 26.1 Å². The Hall–Kier alpha value is -4.72. The van der Waals surface area contributed by atoms with Crippen LogP contribution in [0.25, 0.3) is 11.8 Å². The number of rotatable bonds is 8. The average molecular weight is 607 g/mol. The number of fused-ring (bicyclic) bond motifs is 1. The Bertz CT molecular complexity index is 1980. The molecule has 8 heteroatoms. The van der Waals surface area contributed by atoms with Crippen molar-refractivity contribution in [2.24, 2.45) is 4.99 Å². The number of nitrogens with zero attached hydrogens (tertiary/aromatic N) is 2. The Morgan fingerprint density at radius 3 is 2.30 bits per heavy atom. The summed E-state index contributed by atoms with van der Waals surface area (Å²) >= 11 is 7.54. The Morgan fingerprint density at radius 1 is 0.930 bits per heavy atom. The summed E-state index contributed by atoms with van der Waals surface area (Å²) in [5.41, 5.74) is 3.90. The van der Waals surface area contributed by atoms with E-state index in [-0.39, 0.29) is 12.2 Å². The van der Waals surface area contributed by atoms with Crippen LogP contribution in [0.4, 0.5) is 0 Å². The van der Waals surface area contributed by atoms with Gasteiger partial charge in [0.1, 0.15) is 12.4 Å². The quantitative estimate of drug-likeness (QED) is 0.198. The monoisotopic (exact) mass is 606 g/mol. The van der Waals surface area contributed by atoms with Gasteiger partial charge in [-0.05, 0) is 42.3 Å². The van der Waals surface area contributed by atoms with E-state index in [1.54, 1.807) is 11.5 Å². The first-order valence-electron chi connectivity index (χ1n) is 13.8. The van der Waals surface area contributed by atoms with Crippen LogP contribution in [0.15, 0.2) is 125 Å². The third-order valence-corrected chi connectivity index (χ3v) is 8.37. The predicted molar refractivity (Wildman–Crippen MR) is 170 cm³/mol. The van der Waals surface area contributed by atoms with Gasteiger partial charge in [0.15, 0.2) is 4.80 Å². The fourth-order valence-electron chi connectivity index (χ4n) is 4.98. The lowest BCUT2D eigenvalue weighted by atomic mass is 9.93. The number of esters is 1. The zero-order valence-corrected chi connectivity index (χ0v) is 24.8. The zero-order valence-electron chi connectivity index (χ0n) is 23.3. The summed E-state index contributed by atoms with van der Waals surface area (Å²) in [5.74, 6) is 0.190. The van der Waals surface area contributed by atoms with Crippen LogP contribution in [0.1, 0.15) is 35.2 Å². The van der Waals surface area contributed by atoms with Crippen LogP contribution in [-0.2, 0) is 16.1 Å². The van der Waals surface area contributed by atoms with Crippen molar-refractivity contribution in [2.45, 2.75) is 19.6 Å². The van der Waals surface area contributed by atoms with E-state index < -0.39 is 12.0 Å². The Kier molecular flexibility index (Phi) is 8.36. The molecule has 6 rings (SSSR count). The van der Waals surface area contributed by atoms with Crippen LogP contribution in [0.5, 0.6) is 5.75 Å². The van der Waals surface area contributed by atoms with E-state index in [0.29, 0.717) is 38.0 Å². The molecule has 5 aromatic rings. The van der Waals surface area contributed by atoms with Crippen LogP contribution < -0.4 is 19.6 Å². The summed E-state index contributed by atoms with van der Waals surface area (Å²) in [6.45, 7) is 2.32. The molecule has 0 saturated heterocycles. The number of hydrogen-bond donors (Lipinski definition) is 0.